The summed E-state index contributed by atoms with van der Waals surface area (Å²) in [6.07, 6.45) is 4.51. The van der Waals surface area contributed by atoms with E-state index in [0.717, 1.165) is 0 Å². The fraction of sp³-hybridized carbons (Fsp3) is 0.300. The van der Waals surface area contributed by atoms with E-state index in [0.29, 0.717) is 12.2 Å². The van der Waals surface area contributed by atoms with E-state index in [1.165, 1.54) is 17.1 Å². The van der Waals surface area contributed by atoms with E-state index in [2.05, 4.69) is 22.3 Å². The molecule has 92 valence electrons. The molecule has 1 aromatic heterocycles. The van der Waals surface area contributed by atoms with Gasteiger partial charge >= 0.3 is 5.97 Å². The minimum absolute atomic E-state index is 0.163. The Balaban J connectivity index is 2.40. The van der Waals surface area contributed by atoms with Crippen LogP contribution in [0.3, 0.4) is 0 Å². The highest BCUT2D eigenvalue weighted by Gasteiger charge is 2.05. The maximum absolute atomic E-state index is 11.4. The van der Waals surface area contributed by atoms with Gasteiger partial charge in [0.1, 0.15) is 6.54 Å². The Bertz CT molecular complexity index is 413. The van der Waals surface area contributed by atoms with Gasteiger partial charge in [0.05, 0.1) is 18.4 Å². The number of hydrogen-bond acceptors (Lipinski definition) is 4. The molecule has 1 heterocycles. The first-order valence-electron chi connectivity index (χ1n) is 4.97. The fourth-order valence-electron chi connectivity index (χ4n) is 1.15. The summed E-state index contributed by atoms with van der Waals surface area (Å²) in [4.78, 5) is 21.8. The maximum atomic E-state index is 11.4. The van der Waals surface area contributed by atoms with E-state index in [-0.39, 0.29) is 19.0 Å². The van der Waals surface area contributed by atoms with Crippen molar-refractivity contribution in [3.05, 3.63) is 25.0 Å². The molecule has 1 amide bonds. The molecule has 1 rings (SSSR count). The fourth-order valence-corrected chi connectivity index (χ4v) is 1.15. The number of carbonyl (C=O) groups is 2. The van der Waals surface area contributed by atoms with E-state index in [1.807, 2.05) is 0 Å². The first-order valence-corrected chi connectivity index (χ1v) is 4.97. The van der Waals surface area contributed by atoms with E-state index >= 15 is 0 Å². The Kier molecular flexibility index (Phi) is 4.89. The summed E-state index contributed by atoms with van der Waals surface area (Å²) in [6.45, 7) is 3.99. The third-order valence-corrected chi connectivity index (χ3v) is 1.79. The summed E-state index contributed by atoms with van der Waals surface area (Å²) >= 11 is 0. The van der Waals surface area contributed by atoms with Gasteiger partial charge in [0.15, 0.2) is 0 Å². The molecule has 0 saturated heterocycles. The van der Waals surface area contributed by atoms with Crippen LogP contribution in [-0.2, 0) is 16.1 Å². The Morgan fingerprint density at radius 2 is 2.35 bits per heavy atom. The van der Waals surface area contributed by atoms with Crippen molar-refractivity contribution < 1.29 is 14.7 Å². The number of nitrogens with one attached hydrogen (secondary N) is 2. The molecule has 0 radical (unpaired) electrons. The number of hydrogen-bond donors (Lipinski definition) is 3. The lowest BCUT2D eigenvalue weighted by Gasteiger charge is -2.02. The lowest BCUT2D eigenvalue weighted by atomic mass is 10.5. The zero-order valence-electron chi connectivity index (χ0n) is 9.22. The van der Waals surface area contributed by atoms with Gasteiger partial charge in [0, 0.05) is 12.7 Å². The van der Waals surface area contributed by atoms with Gasteiger partial charge < -0.3 is 15.7 Å². The molecule has 3 N–H and O–H groups in total. The van der Waals surface area contributed by atoms with Gasteiger partial charge in [-0.15, -0.1) is 6.58 Å². The third kappa shape index (κ3) is 4.94. The normalized spacial score (nSPS) is 9.88. The lowest BCUT2D eigenvalue weighted by Crippen LogP contribution is -2.27. The highest BCUT2D eigenvalue weighted by molar-refractivity contribution is 5.91. The number of amides is 1. The number of aromatic nitrogens is 2. The second kappa shape index (κ2) is 6.44. The van der Waals surface area contributed by atoms with Gasteiger partial charge in [-0.2, -0.15) is 5.10 Å². The van der Waals surface area contributed by atoms with Crippen LogP contribution >= 0.6 is 0 Å². The molecule has 0 spiro atoms. The zero-order valence-corrected chi connectivity index (χ0v) is 9.22. The predicted molar refractivity (Wildman–Crippen MR) is 61.6 cm³/mol. The number of rotatable bonds is 7. The number of carbonyl (C=O) groups excluding carboxylic acids is 1. The molecule has 7 heteroatoms. The first-order chi connectivity index (χ1) is 8.11. The summed E-state index contributed by atoms with van der Waals surface area (Å²) in [6, 6.07) is 0. The van der Waals surface area contributed by atoms with Crippen LogP contribution in [0.4, 0.5) is 5.69 Å². The molecule has 0 aliphatic heterocycles. The van der Waals surface area contributed by atoms with E-state index in [9.17, 15) is 9.59 Å². The molecule has 0 saturated carbocycles. The van der Waals surface area contributed by atoms with Crippen LogP contribution < -0.4 is 10.6 Å². The van der Waals surface area contributed by atoms with Gasteiger partial charge in [-0.1, -0.05) is 6.08 Å². The molecular weight excluding hydrogens is 224 g/mol. The van der Waals surface area contributed by atoms with Crippen molar-refractivity contribution in [2.24, 2.45) is 0 Å². The largest absolute Gasteiger partial charge is 0.480 e. The number of nitrogens with zero attached hydrogens (tertiary/aromatic N) is 2. The Hall–Kier alpha value is -2.15. The second-order valence-electron chi connectivity index (χ2n) is 3.29. The molecule has 7 nitrogen and oxygen atoms in total. The standard InChI is InChI=1S/C10H14N4O3/c1-2-3-11-5-9(15)13-8-4-12-14(6-8)7-10(16)17/h2,4,6,11H,1,3,5,7H2,(H,13,15)(H,16,17). The maximum Gasteiger partial charge on any atom is 0.325 e. The van der Waals surface area contributed by atoms with Gasteiger partial charge in [-0.25, -0.2) is 0 Å². The Morgan fingerprint density at radius 3 is 3.00 bits per heavy atom. The molecule has 0 fully saturated rings. The molecule has 0 aromatic carbocycles. The first kappa shape index (κ1) is 12.9. The van der Waals surface area contributed by atoms with Crippen LogP contribution in [0.2, 0.25) is 0 Å². The number of carboxylic acids is 1. The van der Waals surface area contributed by atoms with Crippen LogP contribution in [0.25, 0.3) is 0 Å². The SMILES string of the molecule is C=CCNCC(=O)Nc1cnn(CC(=O)O)c1. The topological polar surface area (TPSA) is 96.3 Å². The van der Waals surface area contributed by atoms with Crippen molar-refractivity contribution in [3.8, 4) is 0 Å². The van der Waals surface area contributed by atoms with Gasteiger partial charge in [-0.05, 0) is 0 Å². The third-order valence-electron chi connectivity index (χ3n) is 1.79. The summed E-state index contributed by atoms with van der Waals surface area (Å²) in [5.41, 5.74) is 0.469. The van der Waals surface area contributed by atoms with Gasteiger partial charge in [-0.3, -0.25) is 14.3 Å². The lowest BCUT2D eigenvalue weighted by molar-refractivity contribution is -0.137. The molecule has 0 bridgehead atoms. The van der Waals surface area contributed by atoms with Crippen LogP contribution in [0.15, 0.2) is 25.0 Å². The summed E-state index contributed by atoms with van der Waals surface area (Å²) < 4.78 is 1.23. The van der Waals surface area contributed by atoms with Gasteiger partial charge in [0.2, 0.25) is 5.91 Å². The Morgan fingerprint density at radius 1 is 1.59 bits per heavy atom. The summed E-state index contributed by atoms with van der Waals surface area (Å²) in [5, 5.41) is 17.7. The average Bonchev–Trinajstić information content (AvgIpc) is 2.64. The molecule has 0 unspecified atom stereocenters. The van der Waals surface area contributed by atoms with E-state index in [4.69, 9.17) is 5.11 Å². The van der Waals surface area contributed by atoms with Crippen LogP contribution in [-0.4, -0.2) is 39.9 Å². The summed E-state index contributed by atoms with van der Waals surface area (Å²) in [7, 11) is 0. The number of carboxylic acid groups (broad SMARTS) is 1. The van der Waals surface area contributed by atoms with Crippen molar-refractivity contribution in [1.29, 1.82) is 0 Å². The summed E-state index contributed by atoms with van der Waals surface area (Å²) in [5.74, 6) is -1.21. The molecule has 1 aromatic rings. The highest BCUT2D eigenvalue weighted by atomic mass is 16.4. The van der Waals surface area contributed by atoms with Crippen molar-refractivity contribution in [2.75, 3.05) is 18.4 Å². The molecule has 17 heavy (non-hydrogen) atoms. The smallest absolute Gasteiger partial charge is 0.325 e. The van der Waals surface area contributed by atoms with Crippen LogP contribution in [0.5, 0.6) is 0 Å². The monoisotopic (exact) mass is 238 g/mol. The van der Waals surface area contributed by atoms with Crippen LogP contribution in [0.1, 0.15) is 0 Å². The van der Waals surface area contributed by atoms with Crippen molar-refractivity contribution in [2.45, 2.75) is 6.54 Å². The molecule has 0 atom stereocenters. The minimum Gasteiger partial charge on any atom is -0.480 e. The molecule has 0 aliphatic rings. The molecule has 0 aliphatic carbocycles. The van der Waals surface area contributed by atoms with Crippen molar-refractivity contribution in [1.82, 2.24) is 15.1 Å². The van der Waals surface area contributed by atoms with Crippen molar-refractivity contribution >= 4 is 17.6 Å². The van der Waals surface area contributed by atoms with Crippen molar-refractivity contribution in [3.63, 3.8) is 0 Å². The number of anilines is 1. The molecular formula is C10H14N4O3. The second-order valence-corrected chi connectivity index (χ2v) is 3.29. The van der Waals surface area contributed by atoms with E-state index < -0.39 is 5.97 Å². The predicted octanol–water partition coefficient (Wildman–Crippen LogP) is -0.318. The van der Waals surface area contributed by atoms with Crippen LogP contribution in [0, 0.1) is 0 Å². The quantitative estimate of drug-likeness (QED) is 0.447. The highest BCUT2D eigenvalue weighted by Crippen LogP contribution is 2.03. The Labute approximate surface area is 98.1 Å². The minimum atomic E-state index is -0.987. The van der Waals surface area contributed by atoms with E-state index in [1.54, 1.807) is 6.08 Å². The number of aliphatic carboxylic acids is 1. The zero-order chi connectivity index (χ0) is 12.7. The van der Waals surface area contributed by atoms with Gasteiger partial charge in [0.25, 0.3) is 0 Å². The average molecular weight is 238 g/mol.